The molecule has 3 aliphatic rings. The number of hydrogen-bond donors (Lipinski definition) is 8. The van der Waals surface area contributed by atoms with Crippen LogP contribution in [-0.4, -0.2) is 166 Å². The molecule has 1 amide bonds. The number of esters is 2. The van der Waals surface area contributed by atoms with E-state index in [0.29, 0.717) is 0 Å². The number of cyclic esters (lactones) is 1. The second kappa shape index (κ2) is 15.5. The van der Waals surface area contributed by atoms with Crippen LogP contribution < -0.4 is 5.32 Å². The van der Waals surface area contributed by atoms with Crippen LogP contribution in [0, 0.1) is 11.8 Å². The van der Waals surface area contributed by atoms with Gasteiger partial charge >= 0.3 is 11.9 Å². The Kier molecular flexibility index (Phi) is 12.8. The maximum Gasteiger partial charge on any atom is 0.338 e. The van der Waals surface area contributed by atoms with Crippen molar-refractivity contribution in [2.75, 3.05) is 40.1 Å². The van der Waals surface area contributed by atoms with Crippen LogP contribution >= 0.6 is 0 Å². The average molecular weight is 640 g/mol. The number of carbonyl (C=O) groups excluding carboxylic acids is 3. The Morgan fingerprint density at radius 1 is 1.00 bits per heavy atom. The van der Waals surface area contributed by atoms with Gasteiger partial charge in [0, 0.05) is 25.9 Å². The third-order valence-electron chi connectivity index (χ3n) is 8.57. The van der Waals surface area contributed by atoms with E-state index in [1.54, 1.807) is 13.8 Å². The van der Waals surface area contributed by atoms with E-state index in [0.717, 1.165) is 0 Å². The van der Waals surface area contributed by atoms with Crippen LogP contribution in [0.15, 0.2) is 0 Å². The van der Waals surface area contributed by atoms with Gasteiger partial charge in [0.2, 0.25) is 5.91 Å². The lowest BCUT2D eigenvalue weighted by Gasteiger charge is -2.51. The van der Waals surface area contributed by atoms with Crippen LogP contribution in [0.25, 0.3) is 0 Å². The molecule has 0 spiro atoms. The van der Waals surface area contributed by atoms with Gasteiger partial charge in [-0.1, -0.05) is 6.92 Å². The number of hydrogen-bond acceptors (Lipinski definition) is 16. The van der Waals surface area contributed by atoms with Crippen molar-refractivity contribution in [1.29, 1.82) is 0 Å². The number of aliphatic hydroxyl groups is 7. The summed E-state index contributed by atoms with van der Waals surface area (Å²) in [5.41, 5.74) is -1.24. The third-order valence-corrected chi connectivity index (χ3v) is 8.57. The molecule has 3 fully saturated rings. The molecule has 0 aliphatic carbocycles. The summed E-state index contributed by atoms with van der Waals surface area (Å²) in [6.07, 6.45) is -15.2. The molecule has 0 bridgehead atoms. The van der Waals surface area contributed by atoms with Gasteiger partial charge < -0.3 is 69.5 Å². The van der Waals surface area contributed by atoms with Crippen LogP contribution in [0.2, 0.25) is 0 Å². The molecule has 0 aromatic carbocycles. The molecule has 44 heavy (non-hydrogen) atoms. The zero-order valence-corrected chi connectivity index (χ0v) is 25.1. The van der Waals surface area contributed by atoms with Gasteiger partial charge in [0.1, 0.15) is 37.1 Å². The first-order chi connectivity index (χ1) is 20.7. The molecule has 0 saturated carbocycles. The molecule has 0 radical (unpaired) electrons. The molecule has 3 aliphatic heterocycles. The highest BCUT2D eigenvalue weighted by Crippen LogP contribution is 2.36. The van der Waals surface area contributed by atoms with E-state index in [2.05, 4.69) is 5.32 Å². The van der Waals surface area contributed by atoms with Crippen LogP contribution in [-0.2, 0) is 42.8 Å². The predicted molar refractivity (Wildman–Crippen MR) is 143 cm³/mol. The van der Waals surface area contributed by atoms with Crippen molar-refractivity contribution < 1.29 is 78.6 Å². The Morgan fingerprint density at radius 3 is 2.23 bits per heavy atom. The van der Waals surface area contributed by atoms with Crippen molar-refractivity contribution in [3.8, 4) is 0 Å². The summed E-state index contributed by atoms with van der Waals surface area (Å²) < 4.78 is 32.6. The van der Waals surface area contributed by atoms with E-state index in [1.165, 1.54) is 14.0 Å². The maximum atomic E-state index is 13.1. The zero-order valence-electron chi connectivity index (χ0n) is 25.1. The zero-order chi connectivity index (χ0) is 32.9. The molecular weight excluding hydrogens is 594 g/mol. The van der Waals surface area contributed by atoms with E-state index in [-0.39, 0.29) is 26.2 Å². The van der Waals surface area contributed by atoms with Crippen molar-refractivity contribution in [1.82, 2.24) is 5.32 Å². The van der Waals surface area contributed by atoms with Gasteiger partial charge in [-0.2, -0.15) is 0 Å². The molecule has 17 nitrogen and oxygen atoms in total. The fraction of sp³-hybridized carbons (Fsp3) is 0.889. The minimum atomic E-state index is -1.86. The Labute approximate surface area is 253 Å². The predicted octanol–water partition coefficient (Wildman–Crippen LogP) is -4.65. The number of amides is 1. The van der Waals surface area contributed by atoms with Crippen LogP contribution in [0.3, 0.4) is 0 Å². The highest BCUT2D eigenvalue weighted by molar-refractivity contribution is 5.78. The van der Waals surface area contributed by atoms with Crippen LogP contribution in [0.1, 0.15) is 27.2 Å². The van der Waals surface area contributed by atoms with Crippen molar-refractivity contribution in [3.63, 3.8) is 0 Å². The molecule has 14 atom stereocenters. The first kappa shape index (κ1) is 36.4. The molecule has 0 aromatic heterocycles. The van der Waals surface area contributed by atoms with E-state index in [9.17, 15) is 50.1 Å². The molecule has 3 rings (SSSR count). The number of carbonyl (C=O) groups is 3. The normalized spacial score (nSPS) is 41.6. The molecule has 3 heterocycles. The molecule has 14 unspecified atom stereocenters. The van der Waals surface area contributed by atoms with E-state index in [1.807, 2.05) is 0 Å². The largest absolute Gasteiger partial charge is 0.461 e. The fourth-order valence-corrected chi connectivity index (χ4v) is 5.98. The van der Waals surface area contributed by atoms with Gasteiger partial charge in [-0.15, -0.1) is 0 Å². The molecule has 17 heteroatoms. The summed E-state index contributed by atoms with van der Waals surface area (Å²) in [6, 6.07) is 0. The minimum Gasteiger partial charge on any atom is -0.461 e. The number of rotatable bonds is 13. The monoisotopic (exact) mass is 639 g/mol. The summed E-state index contributed by atoms with van der Waals surface area (Å²) in [6.45, 7) is 2.62. The first-order valence-corrected chi connectivity index (χ1v) is 14.4. The maximum absolute atomic E-state index is 13.1. The Morgan fingerprint density at radius 2 is 1.68 bits per heavy atom. The summed E-state index contributed by atoms with van der Waals surface area (Å²) in [4.78, 5) is 36.7. The molecule has 254 valence electrons. The van der Waals surface area contributed by atoms with Crippen molar-refractivity contribution >= 4 is 17.8 Å². The van der Waals surface area contributed by atoms with Gasteiger partial charge in [-0.05, 0) is 13.3 Å². The second-order valence-corrected chi connectivity index (χ2v) is 11.6. The topological polar surface area (TPSA) is 260 Å². The quantitative estimate of drug-likeness (QED) is 0.0881. The average Bonchev–Trinajstić information content (AvgIpc) is 3.24. The van der Waals surface area contributed by atoms with Crippen molar-refractivity contribution in [2.45, 2.75) is 99.9 Å². The number of ether oxygens (including phenoxy) is 6. The standard InChI is InChI=1S/C27H45NO16/c1-5-15-20(34)18(32)12(23(43-15)26(38)41-9-14(31)24-21(35)22(36)25(37)44-24)7-40-10-17-27(3,28-11(2)30)13(8-39-4)19(33)16(6-29)42-17/h12-24,29,31-36H,5-10H2,1-4H3,(H,28,30). The lowest BCUT2D eigenvalue weighted by Crippen LogP contribution is -2.70. The SMILES string of the molecule is CCC1OC(C(=O)OCC(O)C2OC(=O)C(O)C2O)C(COCC2OC(CO)C(O)C(COC)C2(C)NC(C)=O)C(O)C1O. The molecular formula is C27H45NO16. The minimum absolute atomic E-state index is 0.00387. The summed E-state index contributed by atoms with van der Waals surface area (Å²) >= 11 is 0. The Balaban J connectivity index is 1.73. The highest BCUT2D eigenvalue weighted by Gasteiger charge is 2.54. The second-order valence-electron chi connectivity index (χ2n) is 11.6. The van der Waals surface area contributed by atoms with Crippen molar-refractivity contribution in [3.05, 3.63) is 0 Å². The van der Waals surface area contributed by atoms with Crippen molar-refractivity contribution in [2.24, 2.45) is 11.8 Å². The summed E-state index contributed by atoms with van der Waals surface area (Å²) in [5, 5.41) is 74.7. The molecule has 0 aromatic rings. The van der Waals surface area contributed by atoms with Gasteiger partial charge in [-0.3, -0.25) is 4.79 Å². The smallest absolute Gasteiger partial charge is 0.338 e. The van der Waals surface area contributed by atoms with E-state index >= 15 is 0 Å². The van der Waals surface area contributed by atoms with Gasteiger partial charge in [0.25, 0.3) is 0 Å². The fourth-order valence-electron chi connectivity index (χ4n) is 5.98. The highest BCUT2D eigenvalue weighted by atomic mass is 16.6. The number of methoxy groups -OCH3 is 1. The van der Waals surface area contributed by atoms with E-state index < -0.39 is 116 Å². The number of nitrogens with one attached hydrogen (secondary N) is 1. The summed E-state index contributed by atoms with van der Waals surface area (Å²) in [7, 11) is 1.42. The van der Waals surface area contributed by atoms with Gasteiger partial charge in [0.15, 0.2) is 18.3 Å². The first-order valence-electron chi connectivity index (χ1n) is 14.4. The molecule has 8 N–H and O–H groups in total. The summed E-state index contributed by atoms with van der Waals surface area (Å²) in [5.74, 6) is -4.55. The lowest BCUT2D eigenvalue weighted by molar-refractivity contribution is -0.235. The van der Waals surface area contributed by atoms with Gasteiger partial charge in [-0.25, -0.2) is 9.59 Å². The van der Waals surface area contributed by atoms with Gasteiger partial charge in [0.05, 0.1) is 50.3 Å². The Bertz CT molecular complexity index is 986. The Hall–Kier alpha value is -2.03. The van der Waals surface area contributed by atoms with Crippen LogP contribution in [0.5, 0.6) is 0 Å². The molecule has 3 saturated heterocycles. The number of aliphatic hydroxyl groups excluding tert-OH is 7. The third kappa shape index (κ3) is 7.67. The van der Waals surface area contributed by atoms with Crippen LogP contribution in [0.4, 0.5) is 0 Å². The van der Waals surface area contributed by atoms with E-state index in [4.69, 9.17) is 28.4 Å². The lowest BCUT2D eigenvalue weighted by atomic mass is 9.74.